The van der Waals surface area contributed by atoms with Gasteiger partial charge in [0.15, 0.2) is 0 Å². The molecular weight excluding hydrogens is 459 g/mol. The van der Waals surface area contributed by atoms with Crippen molar-refractivity contribution in [1.29, 1.82) is 0 Å². The van der Waals surface area contributed by atoms with Gasteiger partial charge < -0.3 is 15.8 Å². The van der Waals surface area contributed by atoms with Gasteiger partial charge in [-0.15, -0.1) is 0 Å². The minimum atomic E-state index is -5.08. The maximum atomic E-state index is 12.2. The number of benzene rings is 2. The van der Waals surface area contributed by atoms with Crippen LogP contribution >= 0.6 is 11.6 Å². The molecule has 33 heavy (non-hydrogen) atoms. The van der Waals surface area contributed by atoms with Crippen molar-refractivity contribution in [3.05, 3.63) is 87.8 Å². The second-order valence-electron chi connectivity index (χ2n) is 6.83. The molecule has 170 valence electrons. The highest BCUT2D eigenvalue weighted by atomic mass is 35.5. The van der Waals surface area contributed by atoms with Crippen molar-refractivity contribution in [3.8, 4) is 22.4 Å². The number of hydrogen-bond donors (Lipinski definition) is 3. The van der Waals surface area contributed by atoms with E-state index in [1.165, 1.54) is 0 Å². The Kier molecular flexibility index (Phi) is 7.15. The van der Waals surface area contributed by atoms with Crippen LogP contribution in [-0.2, 0) is 11.3 Å². The summed E-state index contributed by atoms with van der Waals surface area (Å²) in [7, 11) is 0. The third-order valence-corrected chi connectivity index (χ3v) is 4.87. The molecule has 2 aromatic heterocycles. The number of carboxylic acids is 1. The van der Waals surface area contributed by atoms with Crippen LogP contribution in [-0.4, -0.2) is 27.2 Å². The monoisotopic (exact) mass is 475 g/mol. The van der Waals surface area contributed by atoms with Gasteiger partial charge in [-0.05, 0) is 35.4 Å². The van der Waals surface area contributed by atoms with Crippen LogP contribution in [0.1, 0.15) is 5.56 Å². The number of H-pyrrole nitrogens is 1. The van der Waals surface area contributed by atoms with Gasteiger partial charge in [0.05, 0.1) is 16.6 Å². The lowest BCUT2D eigenvalue weighted by Gasteiger charge is -2.12. The number of nitrogens with two attached hydrogens (primary N) is 1. The van der Waals surface area contributed by atoms with Crippen LogP contribution in [0, 0.1) is 0 Å². The standard InChI is InChI=1S/C21H16ClN3O.C2HF3O2/c22-16-7-5-14(6-8-16)17-11-18-19(9-10-24-21(18)26)25-20(17)15-3-1-13(12-23)2-4-15;3-2(4,5)1(6)7/h1-11H,12,23H2,(H,24,26);(H,6,7). The third-order valence-electron chi connectivity index (χ3n) is 4.61. The lowest BCUT2D eigenvalue weighted by Crippen LogP contribution is -2.21. The molecule has 0 atom stereocenters. The summed E-state index contributed by atoms with van der Waals surface area (Å²) in [6.07, 6.45) is -3.47. The predicted octanol–water partition coefficient (Wildman–Crippen LogP) is 5.00. The van der Waals surface area contributed by atoms with Gasteiger partial charge in [-0.2, -0.15) is 13.2 Å². The van der Waals surface area contributed by atoms with Gasteiger partial charge in [0.25, 0.3) is 5.56 Å². The Balaban J connectivity index is 0.000000383. The summed E-state index contributed by atoms with van der Waals surface area (Å²) in [6.45, 7) is 0.491. The number of rotatable bonds is 3. The van der Waals surface area contributed by atoms with Crippen molar-refractivity contribution in [2.75, 3.05) is 0 Å². The van der Waals surface area contributed by atoms with E-state index in [1.54, 1.807) is 12.3 Å². The number of aromatic nitrogens is 2. The lowest BCUT2D eigenvalue weighted by atomic mass is 9.97. The molecule has 0 amide bonds. The first-order chi connectivity index (χ1) is 15.6. The van der Waals surface area contributed by atoms with E-state index in [-0.39, 0.29) is 5.56 Å². The zero-order valence-corrected chi connectivity index (χ0v) is 17.6. The number of nitrogens with zero attached hydrogens (tertiary/aromatic N) is 1. The average Bonchev–Trinajstić information content (AvgIpc) is 2.79. The molecule has 0 fully saturated rings. The number of nitrogens with one attached hydrogen (secondary N) is 1. The van der Waals surface area contributed by atoms with E-state index in [0.29, 0.717) is 22.5 Å². The minimum Gasteiger partial charge on any atom is -0.475 e. The number of fused-ring (bicyclic) bond motifs is 1. The number of carbonyl (C=O) groups is 1. The molecule has 0 bridgehead atoms. The fourth-order valence-corrected chi connectivity index (χ4v) is 3.10. The molecule has 2 heterocycles. The van der Waals surface area contributed by atoms with Gasteiger partial charge in [0.2, 0.25) is 0 Å². The summed E-state index contributed by atoms with van der Waals surface area (Å²) < 4.78 is 31.7. The highest BCUT2D eigenvalue weighted by Gasteiger charge is 2.38. The normalized spacial score (nSPS) is 11.1. The zero-order valence-electron chi connectivity index (χ0n) is 16.9. The summed E-state index contributed by atoms with van der Waals surface area (Å²) in [5, 5.41) is 8.34. The summed E-state index contributed by atoms with van der Waals surface area (Å²) in [6, 6.07) is 19.2. The molecule has 10 heteroatoms. The number of aliphatic carboxylic acids is 1. The number of aromatic amines is 1. The predicted molar refractivity (Wildman–Crippen MR) is 120 cm³/mol. The van der Waals surface area contributed by atoms with Crippen LogP contribution in [0.3, 0.4) is 0 Å². The van der Waals surface area contributed by atoms with Crippen molar-refractivity contribution in [3.63, 3.8) is 0 Å². The van der Waals surface area contributed by atoms with Crippen LogP contribution in [0.2, 0.25) is 5.02 Å². The first-order valence-electron chi connectivity index (χ1n) is 9.48. The van der Waals surface area contributed by atoms with Crippen LogP contribution in [0.5, 0.6) is 0 Å². The van der Waals surface area contributed by atoms with Crippen molar-refractivity contribution in [2.45, 2.75) is 12.7 Å². The fourth-order valence-electron chi connectivity index (χ4n) is 2.98. The molecule has 0 radical (unpaired) electrons. The molecule has 6 nitrogen and oxygen atoms in total. The number of carboxylic acid groups (broad SMARTS) is 1. The second-order valence-corrected chi connectivity index (χ2v) is 7.27. The molecule has 0 aliphatic carbocycles. The number of halogens is 4. The Bertz CT molecular complexity index is 1340. The summed E-state index contributed by atoms with van der Waals surface area (Å²) in [4.78, 5) is 28.6. The topological polar surface area (TPSA) is 109 Å². The van der Waals surface area contributed by atoms with Crippen LogP contribution < -0.4 is 11.3 Å². The molecule has 4 rings (SSSR count). The van der Waals surface area contributed by atoms with Crippen LogP contribution in [0.25, 0.3) is 33.3 Å². The SMILES string of the molecule is NCc1ccc(-c2nc3cc[nH]c(=O)c3cc2-c2ccc(Cl)cc2)cc1.O=C(O)C(F)(F)F. The van der Waals surface area contributed by atoms with Gasteiger partial charge in [-0.3, -0.25) is 4.79 Å². The molecular formula is C23H17ClF3N3O3. The summed E-state index contributed by atoms with van der Waals surface area (Å²) in [5.41, 5.74) is 10.9. The summed E-state index contributed by atoms with van der Waals surface area (Å²) in [5.74, 6) is -2.76. The van der Waals surface area contributed by atoms with E-state index in [9.17, 15) is 18.0 Å². The first kappa shape index (κ1) is 24.0. The number of pyridine rings is 2. The third kappa shape index (κ3) is 5.76. The molecule has 0 aliphatic heterocycles. The Morgan fingerprint density at radius 1 is 1.03 bits per heavy atom. The molecule has 0 saturated heterocycles. The van der Waals surface area contributed by atoms with E-state index in [0.717, 1.165) is 27.9 Å². The Labute approximate surface area is 190 Å². The number of alkyl halides is 3. The first-order valence-corrected chi connectivity index (χ1v) is 9.86. The molecule has 2 aromatic carbocycles. The fraction of sp³-hybridized carbons (Fsp3) is 0.0870. The Morgan fingerprint density at radius 2 is 1.61 bits per heavy atom. The van der Waals surface area contributed by atoms with Gasteiger partial charge >= 0.3 is 12.1 Å². The van der Waals surface area contributed by atoms with Crippen molar-refractivity contribution in [1.82, 2.24) is 9.97 Å². The number of hydrogen-bond acceptors (Lipinski definition) is 4. The van der Waals surface area contributed by atoms with E-state index in [2.05, 4.69) is 4.98 Å². The van der Waals surface area contributed by atoms with E-state index >= 15 is 0 Å². The Morgan fingerprint density at radius 3 is 2.15 bits per heavy atom. The maximum Gasteiger partial charge on any atom is 0.490 e. The van der Waals surface area contributed by atoms with Crippen molar-refractivity contribution in [2.24, 2.45) is 5.73 Å². The zero-order chi connectivity index (χ0) is 24.2. The van der Waals surface area contributed by atoms with Gasteiger partial charge in [-0.1, -0.05) is 48.0 Å². The quantitative estimate of drug-likeness (QED) is 0.386. The van der Waals surface area contributed by atoms with Gasteiger partial charge in [0.1, 0.15) is 0 Å². The molecule has 0 spiro atoms. The van der Waals surface area contributed by atoms with Gasteiger partial charge in [-0.25, -0.2) is 9.78 Å². The maximum absolute atomic E-state index is 12.2. The van der Waals surface area contributed by atoms with Crippen LogP contribution in [0.15, 0.2) is 71.7 Å². The lowest BCUT2D eigenvalue weighted by molar-refractivity contribution is -0.192. The van der Waals surface area contributed by atoms with Crippen molar-refractivity contribution < 1.29 is 23.1 Å². The largest absolute Gasteiger partial charge is 0.490 e. The van der Waals surface area contributed by atoms with E-state index in [4.69, 9.17) is 32.2 Å². The molecule has 0 unspecified atom stereocenters. The molecule has 0 saturated carbocycles. The van der Waals surface area contributed by atoms with E-state index < -0.39 is 12.1 Å². The highest BCUT2D eigenvalue weighted by Crippen LogP contribution is 2.33. The van der Waals surface area contributed by atoms with E-state index in [1.807, 2.05) is 54.6 Å². The molecule has 4 aromatic rings. The average molecular weight is 476 g/mol. The van der Waals surface area contributed by atoms with Crippen LogP contribution in [0.4, 0.5) is 13.2 Å². The minimum absolute atomic E-state index is 0.157. The molecule has 4 N–H and O–H groups in total. The van der Waals surface area contributed by atoms with Gasteiger partial charge in [0, 0.05) is 28.9 Å². The smallest absolute Gasteiger partial charge is 0.475 e. The second kappa shape index (κ2) is 9.85. The van der Waals surface area contributed by atoms with Crippen molar-refractivity contribution >= 4 is 28.5 Å². The highest BCUT2D eigenvalue weighted by molar-refractivity contribution is 6.30. The molecule has 0 aliphatic rings. The Hall–Kier alpha value is -3.69. The summed E-state index contributed by atoms with van der Waals surface area (Å²) >= 11 is 6.03.